The predicted molar refractivity (Wildman–Crippen MR) is 108 cm³/mol. The second-order valence-electron chi connectivity index (χ2n) is 7.85. The molecule has 7 heteroatoms. The number of benzene rings is 2. The van der Waals surface area contributed by atoms with Crippen LogP contribution < -0.4 is 5.32 Å². The van der Waals surface area contributed by atoms with Crippen molar-refractivity contribution < 1.29 is 9.90 Å². The van der Waals surface area contributed by atoms with E-state index in [1.54, 1.807) is 6.20 Å². The summed E-state index contributed by atoms with van der Waals surface area (Å²) in [6.07, 6.45) is 1.84. The largest absolute Gasteiger partial charge is 0.365 e. The van der Waals surface area contributed by atoms with Gasteiger partial charge in [-0.3, -0.25) is 4.79 Å². The van der Waals surface area contributed by atoms with Crippen molar-refractivity contribution >= 4 is 11.6 Å². The number of nitrogens with zero attached hydrogens (tertiary/aromatic N) is 4. The SMILES string of the molecule is Cc1ccc(C2=N[C@@]3(O)CNC(=O)[C@@]3(n3ncc(-c4ccc(C)cc4)n3)C2)cc1. The van der Waals surface area contributed by atoms with Gasteiger partial charge in [-0.05, 0) is 19.4 Å². The van der Waals surface area contributed by atoms with Crippen molar-refractivity contribution in [3.8, 4) is 11.3 Å². The van der Waals surface area contributed by atoms with Crippen LogP contribution in [0.1, 0.15) is 23.1 Å². The first-order chi connectivity index (χ1) is 13.9. The van der Waals surface area contributed by atoms with Crippen LogP contribution in [-0.4, -0.2) is 44.0 Å². The van der Waals surface area contributed by atoms with Gasteiger partial charge in [0.15, 0.2) is 0 Å². The smallest absolute Gasteiger partial charge is 0.255 e. The number of rotatable bonds is 3. The summed E-state index contributed by atoms with van der Waals surface area (Å²) in [7, 11) is 0. The van der Waals surface area contributed by atoms with E-state index in [0.29, 0.717) is 11.4 Å². The van der Waals surface area contributed by atoms with Crippen molar-refractivity contribution in [3.63, 3.8) is 0 Å². The predicted octanol–water partition coefficient (Wildman–Crippen LogP) is 1.97. The number of nitrogens with one attached hydrogen (secondary N) is 1. The maximum atomic E-state index is 13.0. The zero-order chi connectivity index (χ0) is 20.2. The van der Waals surface area contributed by atoms with Gasteiger partial charge in [-0.2, -0.15) is 15.0 Å². The molecular weight excluding hydrogens is 366 g/mol. The van der Waals surface area contributed by atoms with Crippen molar-refractivity contribution in [1.82, 2.24) is 20.3 Å². The van der Waals surface area contributed by atoms with Crippen LogP contribution in [0.25, 0.3) is 11.3 Å². The van der Waals surface area contributed by atoms with Crippen LogP contribution >= 0.6 is 0 Å². The van der Waals surface area contributed by atoms with E-state index in [1.165, 1.54) is 4.80 Å². The lowest BCUT2D eigenvalue weighted by Gasteiger charge is -2.29. The summed E-state index contributed by atoms with van der Waals surface area (Å²) in [5.74, 6) is -0.322. The Bertz CT molecular complexity index is 1130. The third-order valence-electron chi connectivity index (χ3n) is 5.84. The Hall–Kier alpha value is -3.32. The Morgan fingerprint density at radius 2 is 1.62 bits per heavy atom. The van der Waals surface area contributed by atoms with Gasteiger partial charge in [0.2, 0.25) is 11.3 Å². The summed E-state index contributed by atoms with van der Waals surface area (Å²) in [6, 6.07) is 15.8. The van der Waals surface area contributed by atoms with E-state index in [0.717, 1.165) is 22.3 Å². The monoisotopic (exact) mass is 387 g/mol. The lowest BCUT2D eigenvalue weighted by atomic mass is 9.87. The molecule has 5 rings (SSSR count). The third kappa shape index (κ3) is 2.54. The van der Waals surface area contributed by atoms with Crippen LogP contribution in [0.2, 0.25) is 0 Å². The van der Waals surface area contributed by atoms with E-state index in [4.69, 9.17) is 0 Å². The quantitative estimate of drug-likeness (QED) is 0.719. The number of hydrogen-bond donors (Lipinski definition) is 2. The number of hydrogen-bond acceptors (Lipinski definition) is 5. The van der Waals surface area contributed by atoms with E-state index < -0.39 is 11.3 Å². The summed E-state index contributed by atoms with van der Waals surface area (Å²) in [4.78, 5) is 18.9. The molecule has 0 radical (unpaired) electrons. The molecule has 2 atom stereocenters. The van der Waals surface area contributed by atoms with E-state index in [9.17, 15) is 9.90 Å². The highest BCUT2D eigenvalue weighted by Crippen LogP contribution is 2.44. The number of aryl methyl sites for hydroxylation is 2. The molecule has 3 heterocycles. The molecule has 2 aliphatic rings. The summed E-state index contributed by atoms with van der Waals surface area (Å²) in [5.41, 5.74) is 2.37. The first-order valence-corrected chi connectivity index (χ1v) is 9.58. The minimum atomic E-state index is -1.63. The normalized spacial score (nSPS) is 25.6. The molecule has 3 aromatic rings. The van der Waals surface area contributed by atoms with Crippen molar-refractivity contribution in [2.24, 2.45) is 4.99 Å². The number of β-amino-alcohol motifs (C(OH)–C–C–N with tert-alkyl or cyclic N) is 1. The molecule has 146 valence electrons. The Morgan fingerprint density at radius 3 is 2.28 bits per heavy atom. The molecule has 1 saturated heterocycles. The minimum Gasteiger partial charge on any atom is -0.365 e. The molecule has 1 amide bonds. The standard InChI is InChI=1S/C22H21N5O2/c1-14-3-7-16(8-4-14)18-11-21(20(28)23-13-22(21,29)25-18)27-24-12-19(26-27)17-9-5-15(2)6-10-17/h3-10,12,29H,11,13H2,1-2H3,(H,23,28)/t21-,22+/m0/s1. The number of aliphatic imine (C=N–C) groups is 1. The molecule has 2 aromatic carbocycles. The fraction of sp³-hybridized carbons (Fsp3) is 0.273. The number of carbonyl (C=O) groups excluding carboxylic acids is 1. The van der Waals surface area contributed by atoms with Gasteiger partial charge in [-0.1, -0.05) is 59.7 Å². The molecule has 0 aliphatic carbocycles. The molecular formula is C22H21N5O2. The Morgan fingerprint density at radius 1 is 1.00 bits per heavy atom. The van der Waals surface area contributed by atoms with Gasteiger partial charge in [0.25, 0.3) is 5.91 Å². The van der Waals surface area contributed by atoms with E-state index in [-0.39, 0.29) is 18.9 Å². The van der Waals surface area contributed by atoms with Crippen molar-refractivity contribution in [2.75, 3.05) is 6.54 Å². The average Bonchev–Trinajstić information content (AvgIpc) is 3.37. The molecule has 0 spiro atoms. The van der Waals surface area contributed by atoms with Crippen LogP contribution in [0, 0.1) is 13.8 Å². The van der Waals surface area contributed by atoms with E-state index in [1.807, 2.05) is 62.4 Å². The molecule has 1 aromatic heterocycles. The summed E-state index contributed by atoms with van der Waals surface area (Å²) < 4.78 is 0. The van der Waals surface area contributed by atoms with Gasteiger partial charge >= 0.3 is 0 Å². The number of carbonyl (C=O) groups is 1. The Labute approximate surface area is 168 Å². The topological polar surface area (TPSA) is 92.4 Å². The fourth-order valence-corrected chi connectivity index (χ4v) is 4.07. The van der Waals surface area contributed by atoms with Crippen LogP contribution in [0.5, 0.6) is 0 Å². The third-order valence-corrected chi connectivity index (χ3v) is 5.84. The average molecular weight is 387 g/mol. The summed E-state index contributed by atoms with van der Waals surface area (Å²) >= 11 is 0. The fourth-order valence-electron chi connectivity index (χ4n) is 4.07. The van der Waals surface area contributed by atoms with Gasteiger partial charge in [-0.25, -0.2) is 4.99 Å². The molecule has 2 N–H and O–H groups in total. The molecule has 0 bridgehead atoms. The van der Waals surface area contributed by atoms with Crippen LogP contribution in [-0.2, 0) is 10.3 Å². The van der Waals surface area contributed by atoms with Gasteiger partial charge in [0.05, 0.1) is 12.7 Å². The van der Waals surface area contributed by atoms with Gasteiger partial charge in [0.1, 0.15) is 5.69 Å². The molecule has 7 nitrogen and oxygen atoms in total. The van der Waals surface area contributed by atoms with Crippen molar-refractivity contribution in [2.45, 2.75) is 31.5 Å². The maximum Gasteiger partial charge on any atom is 0.255 e. The van der Waals surface area contributed by atoms with Crippen LogP contribution in [0.3, 0.4) is 0 Å². The highest BCUT2D eigenvalue weighted by atomic mass is 16.3. The number of fused-ring (bicyclic) bond motifs is 1. The summed E-state index contributed by atoms with van der Waals surface area (Å²) in [6.45, 7) is 4.06. The van der Waals surface area contributed by atoms with Gasteiger partial charge in [0, 0.05) is 17.7 Å². The lowest BCUT2D eigenvalue weighted by molar-refractivity contribution is -0.134. The van der Waals surface area contributed by atoms with Gasteiger partial charge < -0.3 is 10.4 Å². The summed E-state index contributed by atoms with van der Waals surface area (Å²) in [5, 5.41) is 23.0. The van der Waals surface area contributed by atoms with E-state index in [2.05, 4.69) is 20.5 Å². The highest BCUT2D eigenvalue weighted by molar-refractivity contribution is 6.08. The molecule has 29 heavy (non-hydrogen) atoms. The second kappa shape index (κ2) is 6.09. The number of amides is 1. The minimum absolute atomic E-state index is 0.0304. The molecule has 0 saturated carbocycles. The van der Waals surface area contributed by atoms with Crippen LogP contribution in [0.4, 0.5) is 0 Å². The maximum absolute atomic E-state index is 13.0. The Kier molecular flexibility index (Phi) is 3.73. The first-order valence-electron chi connectivity index (χ1n) is 9.58. The second-order valence-corrected chi connectivity index (χ2v) is 7.85. The van der Waals surface area contributed by atoms with Gasteiger partial charge in [-0.15, -0.1) is 0 Å². The molecule has 2 aliphatic heterocycles. The van der Waals surface area contributed by atoms with E-state index >= 15 is 0 Å². The zero-order valence-corrected chi connectivity index (χ0v) is 16.3. The van der Waals surface area contributed by atoms with Crippen molar-refractivity contribution in [1.29, 1.82) is 0 Å². The number of aliphatic hydroxyl groups is 1. The zero-order valence-electron chi connectivity index (χ0n) is 16.3. The molecule has 1 fully saturated rings. The first kappa shape index (κ1) is 17.8. The molecule has 0 unspecified atom stereocenters. The highest BCUT2D eigenvalue weighted by Gasteiger charge is 2.67. The van der Waals surface area contributed by atoms with Crippen molar-refractivity contribution in [3.05, 3.63) is 71.4 Å². The number of aromatic nitrogens is 3. The lowest BCUT2D eigenvalue weighted by Crippen LogP contribution is -2.54. The van der Waals surface area contributed by atoms with Crippen LogP contribution in [0.15, 0.2) is 59.7 Å². The Balaban J connectivity index is 1.57.